The molecule has 0 bridgehead atoms. The summed E-state index contributed by atoms with van der Waals surface area (Å²) in [7, 11) is 0. The SMILES string of the molecule is Cc1cccc(C(C#N)C(=O)c2ccc(Cl)cc2C)c1. The Morgan fingerprint density at radius 2 is 1.95 bits per heavy atom. The second-order valence-corrected chi connectivity index (χ2v) is 5.24. The summed E-state index contributed by atoms with van der Waals surface area (Å²) in [6.45, 7) is 3.76. The number of benzene rings is 2. The van der Waals surface area contributed by atoms with Crippen LogP contribution in [0.3, 0.4) is 0 Å². The minimum Gasteiger partial charge on any atom is -0.292 e. The summed E-state index contributed by atoms with van der Waals surface area (Å²) < 4.78 is 0. The lowest BCUT2D eigenvalue weighted by Gasteiger charge is -2.11. The molecule has 1 atom stereocenters. The van der Waals surface area contributed by atoms with Gasteiger partial charge in [0.15, 0.2) is 5.78 Å². The first-order valence-electron chi connectivity index (χ1n) is 6.29. The number of hydrogen-bond acceptors (Lipinski definition) is 2. The molecule has 2 rings (SSSR count). The van der Waals surface area contributed by atoms with Crippen molar-refractivity contribution in [2.75, 3.05) is 0 Å². The van der Waals surface area contributed by atoms with Crippen LogP contribution in [-0.4, -0.2) is 5.78 Å². The summed E-state index contributed by atoms with van der Waals surface area (Å²) in [6.07, 6.45) is 0. The van der Waals surface area contributed by atoms with Gasteiger partial charge in [-0.2, -0.15) is 5.26 Å². The molecule has 0 aliphatic carbocycles. The Balaban J connectivity index is 2.42. The van der Waals surface area contributed by atoms with E-state index in [0.29, 0.717) is 10.6 Å². The lowest BCUT2D eigenvalue weighted by molar-refractivity contribution is 0.0978. The van der Waals surface area contributed by atoms with E-state index in [1.807, 2.05) is 38.1 Å². The van der Waals surface area contributed by atoms with Crippen LogP contribution in [0.5, 0.6) is 0 Å². The van der Waals surface area contributed by atoms with E-state index in [9.17, 15) is 10.1 Å². The molecule has 3 heteroatoms. The third kappa shape index (κ3) is 2.89. The van der Waals surface area contributed by atoms with Crippen molar-refractivity contribution < 1.29 is 4.79 Å². The topological polar surface area (TPSA) is 40.9 Å². The molecule has 0 aromatic heterocycles. The molecule has 0 aliphatic rings. The maximum atomic E-state index is 12.6. The first kappa shape index (κ1) is 14.3. The summed E-state index contributed by atoms with van der Waals surface area (Å²) in [4.78, 5) is 12.6. The largest absolute Gasteiger partial charge is 0.292 e. The minimum absolute atomic E-state index is 0.188. The van der Waals surface area contributed by atoms with Gasteiger partial charge in [0.05, 0.1) is 6.07 Å². The summed E-state index contributed by atoms with van der Waals surface area (Å²) in [6, 6.07) is 14.7. The molecule has 0 spiro atoms. The highest BCUT2D eigenvalue weighted by Crippen LogP contribution is 2.24. The van der Waals surface area contributed by atoms with Gasteiger partial charge >= 0.3 is 0 Å². The molecule has 0 fully saturated rings. The molecule has 0 N–H and O–H groups in total. The maximum Gasteiger partial charge on any atom is 0.184 e. The van der Waals surface area contributed by atoms with Crippen LogP contribution in [0.25, 0.3) is 0 Å². The van der Waals surface area contributed by atoms with Gasteiger partial charge in [-0.1, -0.05) is 41.4 Å². The molecule has 0 amide bonds. The first-order valence-corrected chi connectivity index (χ1v) is 6.67. The van der Waals surface area contributed by atoms with E-state index < -0.39 is 5.92 Å². The molecular weight excluding hydrogens is 270 g/mol. The fraction of sp³-hybridized carbons (Fsp3) is 0.176. The monoisotopic (exact) mass is 283 g/mol. The lowest BCUT2D eigenvalue weighted by atomic mass is 9.89. The zero-order chi connectivity index (χ0) is 14.7. The molecule has 1 unspecified atom stereocenters. The first-order chi connectivity index (χ1) is 9.52. The average Bonchev–Trinajstić information content (AvgIpc) is 2.39. The number of nitrogens with zero attached hydrogens (tertiary/aromatic N) is 1. The predicted octanol–water partition coefficient (Wildman–Crippen LogP) is 4.45. The number of hydrogen-bond donors (Lipinski definition) is 0. The molecule has 0 heterocycles. The molecule has 2 aromatic rings. The highest BCUT2D eigenvalue weighted by Gasteiger charge is 2.23. The van der Waals surface area contributed by atoms with Gasteiger partial charge in [-0.3, -0.25) is 4.79 Å². The van der Waals surface area contributed by atoms with Gasteiger partial charge in [0.2, 0.25) is 0 Å². The van der Waals surface area contributed by atoms with Crippen LogP contribution in [0, 0.1) is 25.2 Å². The van der Waals surface area contributed by atoms with E-state index in [2.05, 4.69) is 6.07 Å². The van der Waals surface area contributed by atoms with Gasteiger partial charge < -0.3 is 0 Å². The third-order valence-corrected chi connectivity index (χ3v) is 3.46. The molecular formula is C17H14ClNO. The molecule has 2 nitrogen and oxygen atoms in total. The number of nitriles is 1. The van der Waals surface area contributed by atoms with Gasteiger partial charge in [0.1, 0.15) is 5.92 Å². The van der Waals surface area contributed by atoms with Crippen LogP contribution in [-0.2, 0) is 0 Å². The Morgan fingerprint density at radius 1 is 1.20 bits per heavy atom. The molecule has 0 saturated heterocycles. The van der Waals surface area contributed by atoms with Crippen LogP contribution in [0.4, 0.5) is 0 Å². The van der Waals surface area contributed by atoms with Crippen LogP contribution in [0.15, 0.2) is 42.5 Å². The van der Waals surface area contributed by atoms with Gasteiger partial charge in [-0.05, 0) is 43.2 Å². The van der Waals surface area contributed by atoms with Crippen molar-refractivity contribution in [3.8, 4) is 6.07 Å². The van der Waals surface area contributed by atoms with Crippen LogP contribution < -0.4 is 0 Å². The smallest absolute Gasteiger partial charge is 0.184 e. The van der Waals surface area contributed by atoms with Crippen molar-refractivity contribution in [3.63, 3.8) is 0 Å². The lowest BCUT2D eigenvalue weighted by Crippen LogP contribution is -2.12. The van der Waals surface area contributed by atoms with Gasteiger partial charge in [0, 0.05) is 10.6 Å². The van der Waals surface area contributed by atoms with Gasteiger partial charge in [-0.25, -0.2) is 0 Å². The third-order valence-electron chi connectivity index (χ3n) is 3.22. The van der Waals surface area contributed by atoms with Crippen molar-refractivity contribution in [2.45, 2.75) is 19.8 Å². The number of ketones is 1. The van der Waals surface area contributed by atoms with E-state index in [0.717, 1.165) is 16.7 Å². The molecule has 0 radical (unpaired) electrons. The van der Waals surface area contributed by atoms with Gasteiger partial charge in [0.25, 0.3) is 0 Å². The Bertz CT molecular complexity index is 700. The van der Waals surface area contributed by atoms with E-state index in [-0.39, 0.29) is 5.78 Å². The zero-order valence-electron chi connectivity index (χ0n) is 11.4. The summed E-state index contributed by atoms with van der Waals surface area (Å²) in [5, 5.41) is 9.94. The van der Waals surface area contributed by atoms with Crippen molar-refractivity contribution in [3.05, 3.63) is 69.7 Å². The van der Waals surface area contributed by atoms with Crippen LogP contribution >= 0.6 is 11.6 Å². The fourth-order valence-corrected chi connectivity index (χ4v) is 2.42. The number of carbonyl (C=O) groups is 1. The number of rotatable bonds is 3. The molecule has 20 heavy (non-hydrogen) atoms. The van der Waals surface area contributed by atoms with Gasteiger partial charge in [-0.15, -0.1) is 0 Å². The molecule has 0 saturated carbocycles. The predicted molar refractivity (Wildman–Crippen MR) is 80.1 cm³/mol. The van der Waals surface area contributed by atoms with E-state index in [1.54, 1.807) is 18.2 Å². The van der Waals surface area contributed by atoms with E-state index >= 15 is 0 Å². The highest BCUT2D eigenvalue weighted by atomic mass is 35.5. The Labute approximate surface area is 123 Å². The minimum atomic E-state index is -0.783. The summed E-state index contributed by atoms with van der Waals surface area (Å²) in [5.41, 5.74) is 3.09. The molecule has 0 aliphatic heterocycles. The molecule has 100 valence electrons. The Hall–Kier alpha value is -2.11. The Morgan fingerprint density at radius 3 is 2.55 bits per heavy atom. The fourth-order valence-electron chi connectivity index (χ4n) is 2.19. The van der Waals surface area contributed by atoms with Crippen molar-refractivity contribution in [1.29, 1.82) is 5.26 Å². The normalized spacial score (nSPS) is 11.7. The second kappa shape index (κ2) is 5.90. The average molecular weight is 284 g/mol. The quantitative estimate of drug-likeness (QED) is 0.781. The van der Waals surface area contributed by atoms with E-state index in [4.69, 9.17) is 11.6 Å². The van der Waals surface area contributed by atoms with E-state index in [1.165, 1.54) is 0 Å². The molecule has 2 aromatic carbocycles. The van der Waals surface area contributed by atoms with Crippen molar-refractivity contribution in [2.24, 2.45) is 0 Å². The Kier molecular flexibility index (Phi) is 4.22. The summed E-state index contributed by atoms with van der Waals surface area (Å²) >= 11 is 5.90. The number of Topliss-reactive ketones (excluding diaryl/α,β-unsaturated/α-hetero) is 1. The highest BCUT2D eigenvalue weighted by molar-refractivity contribution is 6.30. The number of aryl methyl sites for hydroxylation is 2. The maximum absolute atomic E-state index is 12.6. The standard InChI is InChI=1S/C17H14ClNO/c1-11-4-3-5-13(8-11)16(10-19)17(20)15-7-6-14(18)9-12(15)2/h3-9,16H,1-2H3. The van der Waals surface area contributed by atoms with Crippen LogP contribution in [0.1, 0.15) is 33.0 Å². The number of carbonyl (C=O) groups excluding carboxylic acids is 1. The number of halogens is 1. The summed E-state index contributed by atoms with van der Waals surface area (Å²) in [5.74, 6) is -0.970. The second-order valence-electron chi connectivity index (χ2n) is 4.80. The van der Waals surface area contributed by atoms with Crippen molar-refractivity contribution >= 4 is 17.4 Å². The van der Waals surface area contributed by atoms with Crippen molar-refractivity contribution in [1.82, 2.24) is 0 Å². The zero-order valence-corrected chi connectivity index (χ0v) is 12.1. The van der Waals surface area contributed by atoms with Crippen LogP contribution in [0.2, 0.25) is 5.02 Å².